The first-order valence-electron chi connectivity index (χ1n) is 5.81. The first-order chi connectivity index (χ1) is 9.66. The average molecular weight is 312 g/mol. The van der Waals surface area contributed by atoms with E-state index >= 15 is 0 Å². The molecule has 118 valence electrons. The van der Waals surface area contributed by atoms with Crippen molar-refractivity contribution < 1.29 is 31.9 Å². The number of hydrogen-bond acceptors (Lipinski definition) is 3. The summed E-state index contributed by atoms with van der Waals surface area (Å²) in [5.41, 5.74) is 3.54. The van der Waals surface area contributed by atoms with Crippen LogP contribution in [0.25, 0.3) is 0 Å². The number of rotatable bonds is 5. The highest BCUT2D eigenvalue weighted by Gasteiger charge is 2.32. The Kier molecular flexibility index (Phi) is 5.47. The number of nitrogens with two attached hydrogens (primary N) is 1. The van der Waals surface area contributed by atoms with E-state index in [1.807, 2.05) is 0 Å². The fourth-order valence-electron chi connectivity index (χ4n) is 1.65. The molecule has 0 heterocycles. The third-order valence-electron chi connectivity index (χ3n) is 2.63. The minimum absolute atomic E-state index is 0.259. The Labute approximate surface area is 117 Å². The lowest BCUT2D eigenvalue weighted by molar-refractivity contribution is -0.137. The minimum atomic E-state index is -4.69. The average Bonchev–Trinajstić information content (AvgIpc) is 2.36. The van der Waals surface area contributed by atoms with Crippen LogP contribution >= 0.6 is 0 Å². The summed E-state index contributed by atoms with van der Waals surface area (Å²) < 4.78 is 62.5. The van der Waals surface area contributed by atoms with Gasteiger partial charge in [-0.15, -0.1) is 0 Å². The number of benzene rings is 1. The van der Waals surface area contributed by atoms with E-state index in [9.17, 15) is 26.7 Å². The lowest BCUT2D eigenvalue weighted by Crippen LogP contribution is -2.37. The molecule has 0 aliphatic carbocycles. The maximum atomic E-state index is 12.6. The summed E-state index contributed by atoms with van der Waals surface area (Å²) in [5.74, 6) is -1.09. The summed E-state index contributed by atoms with van der Waals surface area (Å²) >= 11 is 0. The molecule has 1 aromatic carbocycles. The van der Waals surface area contributed by atoms with Gasteiger partial charge in [0, 0.05) is 12.2 Å². The third-order valence-corrected chi connectivity index (χ3v) is 2.63. The molecule has 0 saturated heterocycles. The van der Waals surface area contributed by atoms with Gasteiger partial charge in [0.05, 0.1) is 24.3 Å². The van der Waals surface area contributed by atoms with Gasteiger partial charge in [-0.25, -0.2) is 8.78 Å². The summed E-state index contributed by atoms with van der Waals surface area (Å²) in [4.78, 5) is 12.6. The van der Waals surface area contributed by atoms with Gasteiger partial charge in [-0.3, -0.25) is 4.79 Å². The molecule has 1 rings (SSSR count). The highest BCUT2D eigenvalue weighted by molar-refractivity contribution is 5.99. The van der Waals surface area contributed by atoms with Crippen LogP contribution in [0, 0.1) is 0 Å². The predicted molar refractivity (Wildman–Crippen MR) is 64.8 cm³/mol. The fourth-order valence-corrected chi connectivity index (χ4v) is 1.65. The van der Waals surface area contributed by atoms with Gasteiger partial charge < -0.3 is 15.7 Å². The number of aliphatic hydroxyl groups excluding tert-OH is 1. The van der Waals surface area contributed by atoms with Crippen LogP contribution in [-0.2, 0) is 6.18 Å². The molecule has 0 aliphatic heterocycles. The highest BCUT2D eigenvalue weighted by atomic mass is 19.4. The molecule has 0 saturated carbocycles. The van der Waals surface area contributed by atoms with Gasteiger partial charge in [0.1, 0.15) is 0 Å². The summed E-state index contributed by atoms with van der Waals surface area (Å²) in [5, 5.41) is 8.75. The van der Waals surface area contributed by atoms with E-state index in [0.717, 1.165) is 6.07 Å². The van der Waals surface area contributed by atoms with Crippen molar-refractivity contribution in [2.45, 2.75) is 12.6 Å². The van der Waals surface area contributed by atoms with Crippen LogP contribution in [0.5, 0.6) is 0 Å². The van der Waals surface area contributed by atoms with E-state index in [1.165, 1.54) is 0 Å². The van der Waals surface area contributed by atoms with Gasteiger partial charge in [0.15, 0.2) is 0 Å². The molecule has 0 atom stereocenters. The molecule has 1 amide bonds. The number of hydrogen-bond donors (Lipinski definition) is 2. The second-order valence-electron chi connectivity index (χ2n) is 4.17. The molecule has 0 bridgehead atoms. The predicted octanol–water partition coefficient (Wildman–Crippen LogP) is 1.99. The van der Waals surface area contributed by atoms with E-state index in [-0.39, 0.29) is 5.69 Å². The number of amides is 1. The summed E-state index contributed by atoms with van der Waals surface area (Å²) in [7, 11) is 0. The number of carbonyl (C=O) groups is 1. The number of anilines is 1. The Morgan fingerprint density at radius 3 is 2.43 bits per heavy atom. The zero-order chi connectivity index (χ0) is 16.2. The lowest BCUT2D eigenvalue weighted by Gasteiger charge is -2.22. The molecular weight excluding hydrogens is 299 g/mol. The Morgan fingerprint density at radius 2 is 1.95 bits per heavy atom. The molecule has 0 aliphatic rings. The van der Waals surface area contributed by atoms with Crippen molar-refractivity contribution in [3.63, 3.8) is 0 Å². The number of halogens is 5. The SMILES string of the molecule is Nc1ccc(C(F)(F)F)cc1C(=O)N(CCO)CC(F)F. The van der Waals surface area contributed by atoms with Crippen LogP contribution in [0.3, 0.4) is 0 Å². The highest BCUT2D eigenvalue weighted by Crippen LogP contribution is 2.31. The van der Waals surface area contributed by atoms with E-state index in [4.69, 9.17) is 10.8 Å². The van der Waals surface area contributed by atoms with Gasteiger partial charge in [-0.2, -0.15) is 13.2 Å². The smallest absolute Gasteiger partial charge is 0.398 e. The van der Waals surface area contributed by atoms with Crippen LogP contribution in [0.1, 0.15) is 15.9 Å². The quantitative estimate of drug-likeness (QED) is 0.645. The van der Waals surface area contributed by atoms with E-state index in [2.05, 4.69) is 0 Å². The molecule has 9 heteroatoms. The number of nitrogen functional groups attached to an aromatic ring is 1. The molecule has 1 aromatic rings. The molecule has 0 radical (unpaired) electrons. The third kappa shape index (κ3) is 4.55. The van der Waals surface area contributed by atoms with Crippen LogP contribution in [-0.4, -0.2) is 42.0 Å². The van der Waals surface area contributed by atoms with Crippen LogP contribution in [0.15, 0.2) is 18.2 Å². The van der Waals surface area contributed by atoms with Crippen molar-refractivity contribution >= 4 is 11.6 Å². The largest absolute Gasteiger partial charge is 0.416 e. The van der Waals surface area contributed by atoms with Gasteiger partial charge in [0.25, 0.3) is 12.3 Å². The van der Waals surface area contributed by atoms with Gasteiger partial charge in [-0.05, 0) is 18.2 Å². The maximum Gasteiger partial charge on any atom is 0.416 e. The molecule has 0 fully saturated rings. The normalized spacial score (nSPS) is 11.8. The number of aliphatic hydroxyl groups is 1. The maximum absolute atomic E-state index is 12.6. The summed E-state index contributed by atoms with van der Waals surface area (Å²) in [6.07, 6.45) is -7.57. The monoisotopic (exact) mass is 312 g/mol. The van der Waals surface area contributed by atoms with Crippen molar-refractivity contribution in [2.24, 2.45) is 0 Å². The van der Waals surface area contributed by atoms with Crippen molar-refractivity contribution in [3.05, 3.63) is 29.3 Å². The number of alkyl halides is 5. The first kappa shape index (κ1) is 17.2. The zero-order valence-corrected chi connectivity index (χ0v) is 10.7. The van der Waals surface area contributed by atoms with Gasteiger partial charge in [0.2, 0.25) is 0 Å². The Morgan fingerprint density at radius 1 is 1.33 bits per heavy atom. The standard InChI is InChI=1S/C12H13F5N2O2/c13-10(14)6-19(3-4-20)11(21)8-5-7(12(15,16)17)1-2-9(8)18/h1-2,5,10,20H,3-4,6,18H2. The van der Waals surface area contributed by atoms with E-state index < -0.39 is 49.3 Å². The van der Waals surface area contributed by atoms with Crippen LogP contribution < -0.4 is 5.73 Å². The van der Waals surface area contributed by atoms with Gasteiger partial charge >= 0.3 is 6.18 Å². The van der Waals surface area contributed by atoms with Crippen LogP contribution in [0.2, 0.25) is 0 Å². The molecule has 0 aromatic heterocycles. The lowest BCUT2D eigenvalue weighted by atomic mass is 10.1. The second-order valence-corrected chi connectivity index (χ2v) is 4.17. The van der Waals surface area contributed by atoms with Crippen molar-refractivity contribution in [2.75, 3.05) is 25.4 Å². The van der Waals surface area contributed by atoms with E-state index in [1.54, 1.807) is 0 Å². The second kappa shape index (κ2) is 6.70. The fraction of sp³-hybridized carbons (Fsp3) is 0.417. The Bertz CT molecular complexity index is 505. The molecule has 21 heavy (non-hydrogen) atoms. The van der Waals surface area contributed by atoms with E-state index in [0.29, 0.717) is 17.0 Å². The Balaban J connectivity index is 3.14. The van der Waals surface area contributed by atoms with Crippen molar-refractivity contribution in [1.29, 1.82) is 0 Å². The summed E-state index contributed by atoms with van der Waals surface area (Å²) in [6, 6.07) is 2.08. The zero-order valence-electron chi connectivity index (χ0n) is 10.7. The minimum Gasteiger partial charge on any atom is -0.398 e. The number of nitrogens with zero attached hydrogens (tertiary/aromatic N) is 1. The molecule has 3 N–H and O–H groups in total. The number of carbonyl (C=O) groups excluding carboxylic acids is 1. The first-order valence-corrected chi connectivity index (χ1v) is 5.81. The van der Waals surface area contributed by atoms with Crippen LogP contribution in [0.4, 0.5) is 27.6 Å². The van der Waals surface area contributed by atoms with Crippen molar-refractivity contribution in [3.8, 4) is 0 Å². The van der Waals surface area contributed by atoms with Gasteiger partial charge in [-0.1, -0.05) is 0 Å². The topological polar surface area (TPSA) is 66.6 Å². The Hall–Kier alpha value is -1.90. The molecule has 4 nitrogen and oxygen atoms in total. The summed E-state index contributed by atoms with van der Waals surface area (Å²) in [6.45, 7) is -2.04. The van der Waals surface area contributed by atoms with Crippen molar-refractivity contribution in [1.82, 2.24) is 4.90 Å². The molecule has 0 unspecified atom stereocenters. The molecule has 0 spiro atoms. The molecular formula is C12H13F5N2O2.